The zero-order valence-electron chi connectivity index (χ0n) is 10.5. The summed E-state index contributed by atoms with van der Waals surface area (Å²) in [5, 5.41) is 1.16. The third kappa shape index (κ3) is 2.14. The number of thiazole rings is 1. The first-order valence-electron chi connectivity index (χ1n) is 5.92. The highest BCUT2D eigenvalue weighted by molar-refractivity contribution is 7.11. The Labute approximate surface area is 102 Å². The average Bonchev–Trinajstić information content (AvgIpc) is 2.70. The van der Waals surface area contributed by atoms with Gasteiger partial charge >= 0.3 is 0 Å². The number of aromatic nitrogens is 1. The van der Waals surface area contributed by atoms with Gasteiger partial charge in [0.05, 0.1) is 16.7 Å². The van der Waals surface area contributed by atoms with Gasteiger partial charge in [-0.1, -0.05) is 6.92 Å². The predicted octanol–water partition coefficient (Wildman–Crippen LogP) is 2.10. The molecule has 1 fully saturated rings. The van der Waals surface area contributed by atoms with Gasteiger partial charge in [0.25, 0.3) is 0 Å². The molecule has 0 spiro atoms. The highest BCUT2D eigenvalue weighted by Crippen LogP contribution is 2.30. The Morgan fingerprint density at radius 1 is 1.44 bits per heavy atom. The zero-order chi connectivity index (χ0) is 11.9. The molecule has 3 nitrogen and oxygen atoms in total. The van der Waals surface area contributed by atoms with Crippen molar-refractivity contribution in [3.63, 3.8) is 0 Å². The number of nitrogens with zero attached hydrogens (tertiary/aromatic N) is 2. The van der Waals surface area contributed by atoms with Crippen LogP contribution in [0.15, 0.2) is 0 Å². The molecule has 16 heavy (non-hydrogen) atoms. The molecule has 0 aliphatic carbocycles. The maximum Gasteiger partial charge on any atom is 0.0900 e. The van der Waals surface area contributed by atoms with Gasteiger partial charge in [-0.15, -0.1) is 11.3 Å². The lowest BCUT2D eigenvalue weighted by Gasteiger charge is -2.23. The van der Waals surface area contributed by atoms with Crippen LogP contribution in [0.25, 0.3) is 0 Å². The van der Waals surface area contributed by atoms with Crippen molar-refractivity contribution in [1.29, 1.82) is 0 Å². The molecule has 4 heteroatoms. The Morgan fingerprint density at radius 2 is 2.12 bits per heavy atom. The first-order valence-corrected chi connectivity index (χ1v) is 6.74. The van der Waals surface area contributed by atoms with E-state index in [-0.39, 0.29) is 0 Å². The van der Waals surface area contributed by atoms with E-state index in [1.165, 1.54) is 10.6 Å². The summed E-state index contributed by atoms with van der Waals surface area (Å²) in [5.74, 6) is 0.600. The van der Waals surface area contributed by atoms with Crippen molar-refractivity contribution in [3.8, 4) is 0 Å². The molecule has 1 aromatic rings. The van der Waals surface area contributed by atoms with Gasteiger partial charge in [-0.2, -0.15) is 0 Å². The summed E-state index contributed by atoms with van der Waals surface area (Å²) < 4.78 is 0. The minimum atomic E-state index is 0.322. The van der Waals surface area contributed by atoms with Gasteiger partial charge in [-0.05, 0) is 26.7 Å². The number of likely N-dealkylation sites (tertiary alicyclic amines) is 1. The van der Waals surface area contributed by atoms with Crippen LogP contribution in [0.5, 0.6) is 0 Å². The van der Waals surface area contributed by atoms with Crippen LogP contribution in [0.4, 0.5) is 0 Å². The smallest absolute Gasteiger partial charge is 0.0900 e. The molecule has 1 aliphatic heterocycles. The molecule has 0 bridgehead atoms. The van der Waals surface area contributed by atoms with E-state index in [1.807, 2.05) is 0 Å². The lowest BCUT2D eigenvalue weighted by molar-refractivity contribution is 0.249. The highest BCUT2D eigenvalue weighted by atomic mass is 32.1. The Kier molecular flexibility index (Phi) is 3.33. The summed E-state index contributed by atoms with van der Waals surface area (Å²) in [6, 6.07) is 0.725. The SMILES string of the molecule is Cc1nc(C(C)N2CC(C)C(N)C2)c(C)s1. The molecule has 2 rings (SSSR count). The molecule has 1 aromatic heterocycles. The molecule has 0 aromatic carbocycles. The maximum atomic E-state index is 6.07. The van der Waals surface area contributed by atoms with Gasteiger partial charge in [0, 0.05) is 24.0 Å². The van der Waals surface area contributed by atoms with E-state index >= 15 is 0 Å². The molecule has 2 N–H and O–H groups in total. The second kappa shape index (κ2) is 4.43. The van der Waals surface area contributed by atoms with Gasteiger partial charge in [0.2, 0.25) is 0 Å². The first-order chi connectivity index (χ1) is 7.49. The standard InChI is InChI=1S/C12H21N3S/c1-7-5-15(6-11(7)13)8(2)12-9(3)16-10(4)14-12/h7-8,11H,5-6,13H2,1-4H3. The summed E-state index contributed by atoms with van der Waals surface area (Å²) in [7, 11) is 0. The van der Waals surface area contributed by atoms with Crippen LogP contribution in [0.2, 0.25) is 0 Å². The van der Waals surface area contributed by atoms with Crippen LogP contribution < -0.4 is 5.73 Å². The van der Waals surface area contributed by atoms with Gasteiger partial charge in [0.15, 0.2) is 0 Å². The molecule has 3 atom stereocenters. The van der Waals surface area contributed by atoms with Crippen molar-refractivity contribution >= 4 is 11.3 Å². The van der Waals surface area contributed by atoms with Crippen molar-refractivity contribution < 1.29 is 0 Å². The second-order valence-corrected chi connectivity index (χ2v) is 6.35. The number of hydrogen-bond acceptors (Lipinski definition) is 4. The Hall–Kier alpha value is -0.450. The van der Waals surface area contributed by atoms with Gasteiger partial charge < -0.3 is 5.73 Å². The molecule has 0 radical (unpaired) electrons. The van der Waals surface area contributed by atoms with Crippen molar-refractivity contribution in [1.82, 2.24) is 9.88 Å². The third-order valence-electron chi connectivity index (χ3n) is 3.58. The van der Waals surface area contributed by atoms with Gasteiger partial charge in [0.1, 0.15) is 0 Å². The minimum Gasteiger partial charge on any atom is -0.326 e. The highest BCUT2D eigenvalue weighted by Gasteiger charge is 2.31. The fourth-order valence-corrected chi connectivity index (χ4v) is 3.36. The number of nitrogens with two attached hydrogens (primary N) is 1. The summed E-state index contributed by atoms with van der Waals surface area (Å²) in [5.41, 5.74) is 7.31. The fraction of sp³-hybridized carbons (Fsp3) is 0.750. The molecule has 90 valence electrons. The predicted molar refractivity (Wildman–Crippen MR) is 68.7 cm³/mol. The lowest BCUT2D eigenvalue weighted by atomic mass is 10.1. The van der Waals surface area contributed by atoms with Crippen molar-refractivity contribution in [3.05, 3.63) is 15.6 Å². The first kappa shape index (κ1) is 12.0. The Morgan fingerprint density at radius 3 is 2.56 bits per heavy atom. The molecule has 1 saturated heterocycles. The number of aryl methyl sites for hydroxylation is 2. The van der Waals surface area contributed by atoms with Crippen LogP contribution in [0, 0.1) is 19.8 Å². The van der Waals surface area contributed by atoms with E-state index in [1.54, 1.807) is 11.3 Å². The molecular formula is C12H21N3S. The summed E-state index contributed by atoms with van der Waals surface area (Å²) in [4.78, 5) is 8.44. The molecule has 0 saturated carbocycles. The largest absolute Gasteiger partial charge is 0.326 e. The van der Waals surface area contributed by atoms with Gasteiger partial charge in [-0.3, -0.25) is 4.90 Å². The van der Waals surface area contributed by atoms with Crippen LogP contribution in [-0.2, 0) is 0 Å². The topological polar surface area (TPSA) is 42.2 Å². The van der Waals surface area contributed by atoms with Crippen LogP contribution in [0.1, 0.15) is 35.5 Å². The molecular weight excluding hydrogens is 218 g/mol. The quantitative estimate of drug-likeness (QED) is 0.859. The normalized spacial score (nSPS) is 28.6. The summed E-state index contributed by atoms with van der Waals surface area (Å²) >= 11 is 1.79. The van der Waals surface area contributed by atoms with Crippen molar-refractivity contribution in [2.24, 2.45) is 11.7 Å². The monoisotopic (exact) mass is 239 g/mol. The Bertz CT molecular complexity index is 364. The zero-order valence-corrected chi connectivity index (χ0v) is 11.3. The number of hydrogen-bond donors (Lipinski definition) is 1. The third-order valence-corrected chi connectivity index (χ3v) is 4.48. The Balaban J connectivity index is 2.14. The van der Waals surface area contributed by atoms with Crippen LogP contribution in [0.3, 0.4) is 0 Å². The van der Waals surface area contributed by atoms with Crippen molar-refractivity contribution in [2.45, 2.75) is 39.8 Å². The van der Waals surface area contributed by atoms with E-state index in [4.69, 9.17) is 5.73 Å². The lowest BCUT2D eigenvalue weighted by Crippen LogP contribution is -2.30. The molecule has 3 unspecified atom stereocenters. The average molecular weight is 239 g/mol. The van der Waals surface area contributed by atoms with E-state index in [2.05, 4.69) is 37.6 Å². The number of rotatable bonds is 2. The van der Waals surface area contributed by atoms with Gasteiger partial charge in [-0.25, -0.2) is 4.98 Å². The van der Waals surface area contributed by atoms with Crippen LogP contribution in [-0.4, -0.2) is 29.0 Å². The van der Waals surface area contributed by atoms with E-state index in [9.17, 15) is 0 Å². The molecule has 1 aliphatic rings. The summed E-state index contributed by atoms with van der Waals surface area (Å²) in [6.45, 7) is 10.8. The van der Waals surface area contributed by atoms with Crippen molar-refractivity contribution in [2.75, 3.05) is 13.1 Å². The van der Waals surface area contributed by atoms with E-state index in [0.29, 0.717) is 18.0 Å². The minimum absolute atomic E-state index is 0.322. The summed E-state index contributed by atoms with van der Waals surface area (Å²) in [6.07, 6.45) is 0. The molecule has 2 heterocycles. The van der Waals surface area contributed by atoms with E-state index < -0.39 is 0 Å². The molecule has 0 amide bonds. The second-order valence-electron chi connectivity index (χ2n) is 4.95. The fourth-order valence-electron chi connectivity index (χ4n) is 2.45. The van der Waals surface area contributed by atoms with E-state index in [0.717, 1.165) is 18.1 Å². The maximum absolute atomic E-state index is 6.07. The van der Waals surface area contributed by atoms with Crippen LogP contribution >= 0.6 is 11.3 Å².